The number of hydrogen-bond donors (Lipinski definition) is 0. The Morgan fingerprint density at radius 1 is 0.538 bits per heavy atom. The average molecular weight is 320 g/mol. The van der Waals surface area contributed by atoms with Gasteiger partial charge in [0.1, 0.15) is 0 Å². The maximum absolute atomic E-state index is 8.93. The molecule has 0 aliphatic carbocycles. The standard InChI is InChI=1S/4C2H5O.Ce/c4*1-2-3;/h4*2H2,1H3;/q4*-1;+4. The fourth-order valence-corrected chi connectivity index (χ4v) is 0. The minimum atomic E-state index is 0. The quantitative estimate of drug-likeness (QED) is 0.492. The Labute approximate surface area is 115 Å². The molecule has 0 unspecified atom stereocenters. The molecule has 0 bridgehead atoms. The smallest absolute Gasteiger partial charge is 0.855 e. The van der Waals surface area contributed by atoms with Crippen molar-refractivity contribution in [3.05, 3.63) is 0 Å². The van der Waals surface area contributed by atoms with E-state index in [0.29, 0.717) is 0 Å². The predicted octanol–water partition coefficient (Wildman–Crippen LogP) is -2.53. The summed E-state index contributed by atoms with van der Waals surface area (Å²) in [5.74, 6) is 0. The fourth-order valence-electron chi connectivity index (χ4n) is 0. The van der Waals surface area contributed by atoms with Gasteiger partial charge in [-0.05, 0) is 0 Å². The number of hydrogen-bond acceptors (Lipinski definition) is 4. The maximum atomic E-state index is 8.93. The second-order valence-corrected chi connectivity index (χ2v) is 1.15. The van der Waals surface area contributed by atoms with Crippen molar-refractivity contribution in [2.75, 3.05) is 26.4 Å². The first-order valence-electron chi connectivity index (χ1n) is 3.98. The second kappa shape index (κ2) is 72.5. The molecule has 0 radical (unpaired) electrons. The van der Waals surface area contributed by atoms with Gasteiger partial charge in [-0.15, -0.1) is 26.4 Å². The van der Waals surface area contributed by atoms with E-state index in [9.17, 15) is 0 Å². The average Bonchev–Trinajstić information content (AvgIpc) is 1.92. The van der Waals surface area contributed by atoms with Gasteiger partial charge in [0, 0.05) is 0 Å². The van der Waals surface area contributed by atoms with Gasteiger partial charge in [-0.3, -0.25) is 0 Å². The summed E-state index contributed by atoms with van der Waals surface area (Å²) in [6.07, 6.45) is 0. The molecule has 0 spiro atoms. The van der Waals surface area contributed by atoms with Crippen LogP contribution in [0, 0.1) is 41.7 Å². The molecule has 0 amide bonds. The Hall–Kier alpha value is 1.22. The van der Waals surface area contributed by atoms with Gasteiger partial charge >= 0.3 is 41.7 Å². The molecule has 0 aromatic rings. The van der Waals surface area contributed by atoms with E-state index >= 15 is 0 Å². The van der Waals surface area contributed by atoms with Crippen LogP contribution in [0.15, 0.2) is 0 Å². The van der Waals surface area contributed by atoms with Crippen LogP contribution >= 0.6 is 0 Å². The zero-order chi connectivity index (χ0) is 10.8. The van der Waals surface area contributed by atoms with E-state index in [4.69, 9.17) is 20.4 Å². The zero-order valence-corrected chi connectivity index (χ0v) is 12.1. The summed E-state index contributed by atoms with van der Waals surface area (Å²) in [6, 6.07) is 0. The molecule has 80 valence electrons. The van der Waals surface area contributed by atoms with Crippen molar-refractivity contribution >= 4 is 0 Å². The molecule has 5 heteroatoms. The van der Waals surface area contributed by atoms with E-state index in [1.54, 1.807) is 27.7 Å². The summed E-state index contributed by atoms with van der Waals surface area (Å²) in [5.41, 5.74) is 0. The Morgan fingerprint density at radius 3 is 0.538 bits per heavy atom. The van der Waals surface area contributed by atoms with Gasteiger partial charge in [0.05, 0.1) is 0 Å². The first kappa shape index (κ1) is 29.2. The largest absolute Gasteiger partial charge is 4.00 e. The third-order valence-electron chi connectivity index (χ3n) is 0. The first-order valence-corrected chi connectivity index (χ1v) is 3.98. The SMILES string of the molecule is CC[O-].CC[O-].CC[O-].CC[O-].[Ce+4]. The van der Waals surface area contributed by atoms with Gasteiger partial charge in [0.15, 0.2) is 0 Å². The topological polar surface area (TPSA) is 92.2 Å². The summed E-state index contributed by atoms with van der Waals surface area (Å²) in [4.78, 5) is 0. The Balaban J connectivity index is -0.0000000213. The Bertz CT molecular complexity index is 24.1. The minimum Gasteiger partial charge on any atom is -0.855 e. The summed E-state index contributed by atoms with van der Waals surface area (Å²) in [7, 11) is 0. The molecule has 0 aromatic carbocycles. The maximum Gasteiger partial charge on any atom is 4.00 e. The van der Waals surface area contributed by atoms with E-state index in [0.717, 1.165) is 0 Å². The molecular formula is C8H20CeO4. The minimum absolute atomic E-state index is 0. The van der Waals surface area contributed by atoms with Crippen LogP contribution in [0.3, 0.4) is 0 Å². The van der Waals surface area contributed by atoms with Crippen molar-refractivity contribution in [2.24, 2.45) is 0 Å². The molecule has 0 saturated heterocycles. The van der Waals surface area contributed by atoms with E-state index in [2.05, 4.69) is 0 Å². The summed E-state index contributed by atoms with van der Waals surface area (Å²) in [5, 5.41) is 35.7. The van der Waals surface area contributed by atoms with E-state index in [-0.39, 0.29) is 68.2 Å². The zero-order valence-electron chi connectivity index (χ0n) is 8.96. The molecule has 0 rings (SSSR count). The predicted molar refractivity (Wildman–Crippen MR) is 42.2 cm³/mol. The molecule has 0 aliphatic rings. The molecule has 0 N–H and O–H groups in total. The van der Waals surface area contributed by atoms with E-state index in [1.807, 2.05) is 0 Å². The third kappa shape index (κ3) is 1120. The van der Waals surface area contributed by atoms with Gasteiger partial charge in [-0.1, -0.05) is 27.7 Å². The normalized spacial score (nSPS) is 5.54. The van der Waals surface area contributed by atoms with Crippen molar-refractivity contribution in [1.82, 2.24) is 0 Å². The molecule has 13 heavy (non-hydrogen) atoms. The van der Waals surface area contributed by atoms with Crippen LogP contribution < -0.4 is 20.4 Å². The van der Waals surface area contributed by atoms with Crippen LogP contribution in [-0.2, 0) is 0 Å². The molecule has 0 atom stereocenters. The monoisotopic (exact) mass is 320 g/mol. The molecule has 0 fully saturated rings. The third-order valence-corrected chi connectivity index (χ3v) is 0. The van der Waals surface area contributed by atoms with Crippen LogP contribution in [0.2, 0.25) is 0 Å². The van der Waals surface area contributed by atoms with Crippen LogP contribution in [0.5, 0.6) is 0 Å². The van der Waals surface area contributed by atoms with Gasteiger partial charge in [-0.25, -0.2) is 0 Å². The first-order chi connectivity index (χ1) is 5.66. The summed E-state index contributed by atoms with van der Waals surface area (Å²) in [6.45, 7) is 6.28. The Morgan fingerprint density at radius 2 is 0.538 bits per heavy atom. The summed E-state index contributed by atoms with van der Waals surface area (Å²) >= 11 is 0. The van der Waals surface area contributed by atoms with Crippen LogP contribution in [0.1, 0.15) is 27.7 Å². The van der Waals surface area contributed by atoms with Crippen molar-refractivity contribution < 1.29 is 62.2 Å². The Kier molecular flexibility index (Phi) is 163. The van der Waals surface area contributed by atoms with Crippen molar-refractivity contribution in [2.45, 2.75) is 27.7 Å². The van der Waals surface area contributed by atoms with Gasteiger partial charge in [0.25, 0.3) is 0 Å². The number of rotatable bonds is 0. The van der Waals surface area contributed by atoms with Crippen molar-refractivity contribution in [1.29, 1.82) is 0 Å². The fraction of sp³-hybridized carbons (Fsp3) is 1.00. The van der Waals surface area contributed by atoms with Crippen molar-refractivity contribution in [3.63, 3.8) is 0 Å². The van der Waals surface area contributed by atoms with Gasteiger partial charge in [0.2, 0.25) is 0 Å². The second-order valence-electron chi connectivity index (χ2n) is 1.15. The molecular weight excluding hydrogens is 300 g/mol. The molecule has 0 heterocycles. The molecule has 0 aliphatic heterocycles. The van der Waals surface area contributed by atoms with Crippen LogP contribution in [0.25, 0.3) is 0 Å². The molecule has 0 aromatic heterocycles. The molecule has 4 nitrogen and oxygen atoms in total. The molecule has 0 saturated carbocycles. The van der Waals surface area contributed by atoms with Crippen LogP contribution in [-0.4, -0.2) is 26.4 Å². The summed E-state index contributed by atoms with van der Waals surface area (Å²) < 4.78 is 0. The van der Waals surface area contributed by atoms with Gasteiger partial charge < -0.3 is 20.4 Å². The van der Waals surface area contributed by atoms with Crippen LogP contribution in [0.4, 0.5) is 0 Å². The van der Waals surface area contributed by atoms with Crippen molar-refractivity contribution in [3.8, 4) is 0 Å². The van der Waals surface area contributed by atoms with E-state index < -0.39 is 0 Å². The van der Waals surface area contributed by atoms with Gasteiger partial charge in [-0.2, -0.15) is 0 Å². The van der Waals surface area contributed by atoms with E-state index in [1.165, 1.54) is 0 Å².